The number of carboxylic acids is 1. The summed E-state index contributed by atoms with van der Waals surface area (Å²) in [7, 11) is 1.73. The molecule has 0 saturated carbocycles. The lowest BCUT2D eigenvalue weighted by molar-refractivity contribution is -0.140. The van der Waals surface area contributed by atoms with Crippen molar-refractivity contribution in [1.82, 2.24) is 35.1 Å². The van der Waals surface area contributed by atoms with E-state index in [4.69, 9.17) is 0 Å². The number of hydrogen-bond donors (Lipinski definition) is 3. The molecule has 3 aromatic heterocycles. The van der Waals surface area contributed by atoms with Gasteiger partial charge in [0, 0.05) is 37.3 Å². The van der Waals surface area contributed by atoms with E-state index < -0.39 is 41.7 Å². The number of carbonyl (C=O) groups excluding carboxylic acids is 2. The standard InChI is InChI=1S/C25H32N8O6/c1-4-20(33-12-10-27-23(25(33)38)28-14-19-16(2)30-39-31-19)24(37)29-18(13-22(35)36)21(34)15-32(3)11-8-17-7-5-6-9-26-17/h5-7,9-10,12,18,20H,4,8,11,13-15H2,1-3H3,(H,27,28)(H,29,37)(H,35,36). The summed E-state index contributed by atoms with van der Waals surface area (Å²) < 4.78 is 5.84. The molecule has 0 aromatic carbocycles. The summed E-state index contributed by atoms with van der Waals surface area (Å²) in [5, 5.41) is 22.2. The van der Waals surface area contributed by atoms with Crippen molar-refractivity contribution in [1.29, 1.82) is 0 Å². The number of carbonyl (C=O) groups is 3. The number of ketones is 1. The highest BCUT2D eigenvalue weighted by Crippen LogP contribution is 2.12. The Morgan fingerprint density at radius 2 is 1.97 bits per heavy atom. The number of carboxylic acid groups (broad SMARTS) is 1. The van der Waals surface area contributed by atoms with Crippen LogP contribution in [0, 0.1) is 6.92 Å². The third-order valence-corrected chi connectivity index (χ3v) is 6.05. The highest BCUT2D eigenvalue weighted by atomic mass is 16.6. The number of likely N-dealkylation sites (N-methyl/N-ethyl adjacent to an activating group) is 1. The number of amides is 1. The fourth-order valence-electron chi connectivity index (χ4n) is 3.87. The van der Waals surface area contributed by atoms with Gasteiger partial charge < -0.3 is 15.7 Å². The first-order valence-corrected chi connectivity index (χ1v) is 12.4. The zero-order valence-electron chi connectivity index (χ0n) is 22.0. The SMILES string of the molecule is CCC(C(=O)NC(CC(=O)O)C(=O)CN(C)CCc1ccccn1)n1ccnc(NCc2nonc2C)c1=O. The van der Waals surface area contributed by atoms with Gasteiger partial charge in [-0.05, 0) is 32.5 Å². The van der Waals surface area contributed by atoms with E-state index in [-0.39, 0.29) is 25.3 Å². The first kappa shape index (κ1) is 29.1. The van der Waals surface area contributed by atoms with Crippen LogP contribution in [0.2, 0.25) is 0 Å². The van der Waals surface area contributed by atoms with Crippen LogP contribution in [0.25, 0.3) is 0 Å². The van der Waals surface area contributed by atoms with Gasteiger partial charge >= 0.3 is 5.97 Å². The van der Waals surface area contributed by atoms with E-state index in [1.165, 1.54) is 17.0 Å². The lowest BCUT2D eigenvalue weighted by atomic mass is 10.1. The van der Waals surface area contributed by atoms with E-state index in [9.17, 15) is 24.3 Å². The van der Waals surface area contributed by atoms with Crippen molar-refractivity contribution >= 4 is 23.5 Å². The maximum atomic E-state index is 13.2. The number of hydrogen-bond acceptors (Lipinski definition) is 11. The predicted octanol–water partition coefficient (Wildman–Crippen LogP) is 0.596. The van der Waals surface area contributed by atoms with Crippen LogP contribution in [0.1, 0.15) is 42.9 Å². The molecule has 2 unspecified atom stereocenters. The molecule has 3 rings (SSSR count). The second-order valence-electron chi connectivity index (χ2n) is 9.00. The van der Waals surface area contributed by atoms with E-state index in [2.05, 4.69) is 35.5 Å². The molecule has 2 atom stereocenters. The Labute approximate surface area is 224 Å². The number of aryl methyl sites for hydroxylation is 1. The van der Waals surface area contributed by atoms with Gasteiger partial charge in [-0.15, -0.1) is 0 Å². The highest BCUT2D eigenvalue weighted by Gasteiger charge is 2.29. The van der Waals surface area contributed by atoms with E-state index >= 15 is 0 Å². The second-order valence-corrected chi connectivity index (χ2v) is 9.00. The molecule has 3 heterocycles. The summed E-state index contributed by atoms with van der Waals surface area (Å²) in [6.45, 7) is 3.98. The summed E-state index contributed by atoms with van der Waals surface area (Å²) in [5.41, 5.74) is 1.35. The first-order valence-electron chi connectivity index (χ1n) is 12.4. The van der Waals surface area contributed by atoms with Crippen LogP contribution in [-0.4, -0.2) is 78.7 Å². The van der Waals surface area contributed by atoms with Gasteiger partial charge in [0.25, 0.3) is 5.56 Å². The number of nitrogens with zero attached hydrogens (tertiary/aromatic N) is 6. The van der Waals surface area contributed by atoms with Crippen molar-refractivity contribution in [2.24, 2.45) is 0 Å². The van der Waals surface area contributed by atoms with Crippen molar-refractivity contribution < 1.29 is 24.1 Å². The average Bonchev–Trinajstić information content (AvgIpc) is 3.32. The Balaban J connectivity index is 1.67. The number of rotatable bonds is 15. The molecule has 14 nitrogen and oxygen atoms in total. The zero-order chi connectivity index (χ0) is 28.4. The smallest absolute Gasteiger partial charge is 0.305 e. The van der Waals surface area contributed by atoms with E-state index in [0.29, 0.717) is 24.4 Å². The maximum absolute atomic E-state index is 13.2. The van der Waals surface area contributed by atoms with Gasteiger partial charge in [0.05, 0.1) is 25.6 Å². The quantitative estimate of drug-likeness (QED) is 0.244. The molecule has 0 aliphatic carbocycles. The van der Waals surface area contributed by atoms with Gasteiger partial charge in [0.2, 0.25) is 5.91 Å². The molecule has 0 aliphatic rings. The minimum Gasteiger partial charge on any atom is -0.481 e. The van der Waals surface area contributed by atoms with Crippen LogP contribution in [0.3, 0.4) is 0 Å². The Morgan fingerprint density at radius 1 is 1.18 bits per heavy atom. The molecule has 0 saturated heterocycles. The minimum absolute atomic E-state index is 0.0150. The molecule has 208 valence electrons. The summed E-state index contributed by atoms with van der Waals surface area (Å²) in [4.78, 5) is 60.8. The van der Waals surface area contributed by atoms with Crippen molar-refractivity contribution in [2.75, 3.05) is 25.5 Å². The minimum atomic E-state index is -1.26. The van der Waals surface area contributed by atoms with Crippen LogP contribution in [0.5, 0.6) is 0 Å². The number of aliphatic carboxylic acids is 1. The fraction of sp³-hybridized carbons (Fsp3) is 0.440. The first-order chi connectivity index (χ1) is 18.7. The molecule has 0 bridgehead atoms. The maximum Gasteiger partial charge on any atom is 0.305 e. The van der Waals surface area contributed by atoms with Crippen LogP contribution in [0.4, 0.5) is 5.82 Å². The van der Waals surface area contributed by atoms with Gasteiger partial charge in [-0.3, -0.25) is 33.6 Å². The molecule has 0 radical (unpaired) electrons. The van der Waals surface area contributed by atoms with E-state index in [1.807, 2.05) is 18.2 Å². The largest absolute Gasteiger partial charge is 0.481 e. The number of Topliss-reactive ketones (excluding diaryl/α,β-unsaturated/α-hetero) is 1. The molecule has 39 heavy (non-hydrogen) atoms. The molecular formula is C25H32N8O6. The van der Waals surface area contributed by atoms with Crippen LogP contribution < -0.4 is 16.2 Å². The number of pyridine rings is 1. The van der Waals surface area contributed by atoms with Gasteiger partial charge in [0.1, 0.15) is 17.4 Å². The molecule has 0 spiro atoms. The molecule has 14 heteroatoms. The van der Waals surface area contributed by atoms with Crippen molar-refractivity contribution in [3.05, 3.63) is 64.2 Å². The monoisotopic (exact) mass is 540 g/mol. The second kappa shape index (κ2) is 13.9. The molecule has 3 aromatic rings. The zero-order valence-corrected chi connectivity index (χ0v) is 22.0. The highest BCUT2D eigenvalue weighted by molar-refractivity contribution is 5.93. The van der Waals surface area contributed by atoms with Crippen LogP contribution in [0.15, 0.2) is 46.2 Å². The van der Waals surface area contributed by atoms with E-state index in [1.54, 1.807) is 32.0 Å². The van der Waals surface area contributed by atoms with Gasteiger partial charge in [-0.2, -0.15) is 0 Å². The van der Waals surface area contributed by atoms with Crippen molar-refractivity contribution in [2.45, 2.75) is 51.7 Å². The predicted molar refractivity (Wildman–Crippen MR) is 139 cm³/mol. The Kier molecular flexibility index (Phi) is 10.4. The fourth-order valence-corrected chi connectivity index (χ4v) is 3.87. The van der Waals surface area contributed by atoms with Crippen molar-refractivity contribution in [3.63, 3.8) is 0 Å². The normalized spacial score (nSPS) is 12.6. The third-order valence-electron chi connectivity index (χ3n) is 6.05. The summed E-state index contributed by atoms with van der Waals surface area (Å²) in [5.74, 6) is -2.35. The molecule has 0 aliphatic heterocycles. The average molecular weight is 541 g/mol. The summed E-state index contributed by atoms with van der Waals surface area (Å²) in [6, 6.07) is 3.30. The van der Waals surface area contributed by atoms with Crippen molar-refractivity contribution in [3.8, 4) is 0 Å². The lowest BCUT2D eigenvalue weighted by Gasteiger charge is -2.24. The molecule has 3 N–H and O–H groups in total. The number of nitrogens with one attached hydrogen (secondary N) is 2. The topological polar surface area (TPSA) is 185 Å². The summed E-state index contributed by atoms with van der Waals surface area (Å²) in [6.07, 6.45) is 4.64. The number of aromatic nitrogens is 5. The lowest BCUT2D eigenvalue weighted by Crippen LogP contribution is -2.49. The number of anilines is 1. The van der Waals surface area contributed by atoms with Crippen LogP contribution >= 0.6 is 0 Å². The molecular weight excluding hydrogens is 508 g/mol. The molecule has 0 fully saturated rings. The van der Waals surface area contributed by atoms with Crippen LogP contribution in [-0.2, 0) is 27.3 Å². The van der Waals surface area contributed by atoms with Gasteiger partial charge in [-0.25, -0.2) is 9.61 Å². The Bertz CT molecular complexity index is 1330. The van der Waals surface area contributed by atoms with E-state index in [0.717, 1.165) is 5.69 Å². The Morgan fingerprint density at radius 3 is 2.62 bits per heavy atom. The third kappa shape index (κ3) is 8.26. The van der Waals surface area contributed by atoms with Gasteiger partial charge in [0.15, 0.2) is 11.6 Å². The Hall–Kier alpha value is -4.46. The summed E-state index contributed by atoms with van der Waals surface area (Å²) >= 11 is 0. The van der Waals surface area contributed by atoms with Gasteiger partial charge in [-0.1, -0.05) is 23.3 Å². The molecule has 1 amide bonds.